The third-order valence-electron chi connectivity index (χ3n) is 14.4. The minimum absolute atomic E-state index is 0.0130. The number of aliphatic imine (C=N–C) groups is 1. The molecule has 0 bridgehead atoms. The molecular formula is C42H65N2O11S2+. The number of hydrogen-bond donors (Lipinski definition) is 5. The smallest absolute Gasteiger partial charge is 0.194 e. The van der Waals surface area contributed by atoms with Crippen molar-refractivity contribution in [2.24, 2.45) is 46.4 Å². The molecule has 4 aliphatic heterocycles. The maximum absolute atomic E-state index is 14.7. The number of hydrogen-bond acceptors (Lipinski definition) is 13. The minimum Gasteiger partial charge on any atom is -0.804 e. The average Bonchev–Trinajstić information content (AvgIpc) is 3.74. The molecule has 0 amide bonds. The van der Waals surface area contributed by atoms with Gasteiger partial charge in [-0.15, -0.1) is 4.99 Å². The highest BCUT2D eigenvalue weighted by Crippen LogP contribution is 2.44. The van der Waals surface area contributed by atoms with Crippen molar-refractivity contribution in [1.82, 2.24) is 0 Å². The number of ether oxygens (including phenoxy) is 4. The second kappa shape index (κ2) is 20.1. The standard InChI is InChI=1S/C42H64N2O11S2/c1-24(6-5-9-25-7-3-2-4-8-25)31-20-44-40(50)42(51)38(53-23-57-56-22-33(31)27-16-17-43-19-27)36(47)37(39(48)49)55-41(42)54-29-14-15-30-34(18-29)52-21-32(35(30)46)26-10-12-28(45)13-11-26/h5,9,16-17,19,24-26,28-38,40-41,44-47,51H,2-4,6-8,10-15,18,20-23H2,1H3,(H,48,49)/p+1. The average molecular weight is 838 g/mol. The van der Waals surface area contributed by atoms with Gasteiger partial charge in [0.2, 0.25) is 0 Å². The number of nitrogens with zero attached hydrogens (tertiary/aromatic N) is 1. The van der Waals surface area contributed by atoms with Gasteiger partial charge in [0.1, 0.15) is 36.4 Å². The lowest BCUT2D eigenvalue weighted by atomic mass is 9.69. The van der Waals surface area contributed by atoms with E-state index in [-0.39, 0.29) is 47.7 Å². The van der Waals surface area contributed by atoms with E-state index in [1.807, 2.05) is 12.3 Å². The van der Waals surface area contributed by atoms with Crippen LogP contribution in [0.1, 0.15) is 90.4 Å². The topological polar surface area (TPSA) is 214 Å². The molecule has 3 saturated heterocycles. The van der Waals surface area contributed by atoms with Crippen molar-refractivity contribution in [3.05, 3.63) is 30.3 Å². The van der Waals surface area contributed by atoms with Crippen LogP contribution in [0.15, 0.2) is 28.8 Å². The number of aliphatic hydroxyl groups excluding tert-OH is 3. The van der Waals surface area contributed by atoms with E-state index in [9.17, 15) is 35.4 Å². The largest absolute Gasteiger partial charge is 0.804 e. The number of quaternary nitrogens is 1. The van der Waals surface area contributed by atoms with E-state index in [1.54, 1.807) is 22.7 Å². The van der Waals surface area contributed by atoms with E-state index in [0.717, 1.165) is 43.4 Å². The molecular weight excluding hydrogens is 773 g/mol. The van der Waals surface area contributed by atoms with Gasteiger partial charge < -0.3 is 59.7 Å². The first-order valence-electron chi connectivity index (χ1n) is 21.6. The van der Waals surface area contributed by atoms with Crippen LogP contribution in [0.5, 0.6) is 0 Å². The van der Waals surface area contributed by atoms with Crippen LogP contribution in [0.3, 0.4) is 0 Å². The SMILES string of the molecule is CC(CC=CC1CCCCC1)C1C[NH2+]C([O-])C2(O)C(OC3CCC4C(C3)[OH+]CC(C3CCC(O)CC3)C4O)OC(C(=O)[O-])C(O)C2OCSSCC1C1=C[CH+]N=C1. The predicted molar refractivity (Wildman–Crippen MR) is 213 cm³/mol. The fraction of sp³-hybridized carbons (Fsp3) is 0.833. The second-order valence-electron chi connectivity index (χ2n) is 17.9. The van der Waals surface area contributed by atoms with Crippen molar-refractivity contribution in [1.29, 1.82) is 0 Å². The van der Waals surface area contributed by atoms with Gasteiger partial charge in [-0.1, -0.05) is 59.9 Å². The van der Waals surface area contributed by atoms with Crippen LogP contribution in [0.25, 0.3) is 0 Å². The summed E-state index contributed by atoms with van der Waals surface area (Å²) in [4.78, 5) is 16.7. The van der Waals surface area contributed by atoms with Gasteiger partial charge in [-0.25, -0.2) is 0 Å². The molecule has 14 atom stereocenters. The number of carboxylic acid groups (broad SMARTS) is 1. The van der Waals surface area contributed by atoms with E-state index >= 15 is 0 Å². The summed E-state index contributed by atoms with van der Waals surface area (Å²) in [5, 5.41) is 74.1. The number of carboxylic acids is 1. The fourth-order valence-electron chi connectivity index (χ4n) is 10.9. The van der Waals surface area contributed by atoms with Gasteiger partial charge in [-0.2, -0.15) is 0 Å². The van der Waals surface area contributed by atoms with E-state index in [4.69, 9.17) is 18.9 Å². The van der Waals surface area contributed by atoms with E-state index < -0.39 is 54.6 Å². The summed E-state index contributed by atoms with van der Waals surface area (Å²) in [6.07, 6.45) is 9.78. The van der Waals surface area contributed by atoms with Gasteiger partial charge in [0.05, 0.1) is 60.9 Å². The van der Waals surface area contributed by atoms with Crippen molar-refractivity contribution in [3.8, 4) is 0 Å². The predicted octanol–water partition coefficient (Wildman–Crippen LogP) is 0.732. The Morgan fingerprint density at radius 3 is 2.63 bits per heavy atom. The highest BCUT2D eigenvalue weighted by molar-refractivity contribution is 8.76. The molecule has 4 heterocycles. The van der Waals surface area contributed by atoms with E-state index in [2.05, 4.69) is 24.1 Å². The summed E-state index contributed by atoms with van der Waals surface area (Å²) in [6.45, 7) is 4.86. The highest BCUT2D eigenvalue weighted by atomic mass is 33.1. The van der Waals surface area contributed by atoms with Crippen molar-refractivity contribution >= 4 is 33.8 Å². The first-order chi connectivity index (χ1) is 27.5. The van der Waals surface area contributed by atoms with Gasteiger partial charge >= 0.3 is 0 Å². The number of fused-ring (bicyclic) bond motifs is 2. The number of allylic oxidation sites excluding steroid dienone is 3. The molecule has 0 radical (unpaired) electrons. The van der Waals surface area contributed by atoms with Gasteiger partial charge in [-0.3, -0.25) is 0 Å². The van der Waals surface area contributed by atoms with Crippen LogP contribution in [-0.4, -0.2) is 123 Å². The quantitative estimate of drug-likeness (QED) is 0.0942. The summed E-state index contributed by atoms with van der Waals surface area (Å²) in [5.41, 5.74) is -1.40. The van der Waals surface area contributed by atoms with Crippen molar-refractivity contribution in [2.75, 3.05) is 24.8 Å². The minimum atomic E-state index is -2.49. The summed E-state index contributed by atoms with van der Waals surface area (Å²) in [6, 6.07) is 0. The number of aliphatic carboxylic acids is 1. The zero-order valence-electron chi connectivity index (χ0n) is 33.2. The van der Waals surface area contributed by atoms with Crippen LogP contribution in [0.2, 0.25) is 0 Å². The molecule has 13 nitrogen and oxygen atoms in total. The van der Waals surface area contributed by atoms with Crippen LogP contribution < -0.4 is 15.5 Å². The molecule has 57 heavy (non-hydrogen) atoms. The molecule has 320 valence electrons. The van der Waals surface area contributed by atoms with E-state index in [1.165, 1.54) is 42.9 Å². The molecule has 7 N–H and O–H groups in total. The molecule has 7 rings (SSSR count). The lowest BCUT2D eigenvalue weighted by molar-refractivity contribution is -0.837. The Kier molecular flexibility index (Phi) is 15.5. The maximum atomic E-state index is 14.7. The summed E-state index contributed by atoms with van der Waals surface area (Å²) in [7, 11) is 2.97. The molecule has 14 unspecified atom stereocenters. The Morgan fingerprint density at radius 1 is 1.11 bits per heavy atom. The first-order valence-corrected chi connectivity index (χ1v) is 24.1. The number of carbonyl (C=O) groups excluding carboxylic acids is 1. The number of carbonyl (C=O) groups is 1. The number of rotatable bonds is 9. The Hall–Kier alpha value is -1.21. The first kappa shape index (κ1) is 43.9. The molecule has 6 fully saturated rings. The normalized spacial score (nSPS) is 44.5. The maximum Gasteiger partial charge on any atom is 0.194 e. The molecule has 0 aromatic carbocycles. The van der Waals surface area contributed by atoms with Gasteiger partial charge in [-0.05, 0) is 75.5 Å². The molecule has 7 aliphatic rings. The Morgan fingerprint density at radius 2 is 1.89 bits per heavy atom. The van der Waals surface area contributed by atoms with Gasteiger partial charge in [0.15, 0.2) is 30.8 Å². The lowest BCUT2D eigenvalue weighted by Gasteiger charge is -2.54. The van der Waals surface area contributed by atoms with Gasteiger partial charge in [0, 0.05) is 18.1 Å². The number of nitrogens with two attached hydrogens (primary N) is 1. The Labute approximate surface area is 345 Å². The molecule has 3 aliphatic carbocycles. The molecule has 0 spiro atoms. The molecule has 3 saturated carbocycles. The van der Waals surface area contributed by atoms with Crippen molar-refractivity contribution < 1.29 is 59.7 Å². The third kappa shape index (κ3) is 10.1. The van der Waals surface area contributed by atoms with Crippen LogP contribution in [-0.2, 0) is 19.0 Å². The van der Waals surface area contributed by atoms with Crippen LogP contribution in [0, 0.1) is 48.0 Å². The zero-order valence-corrected chi connectivity index (χ0v) is 34.8. The molecule has 0 aromatic rings. The zero-order chi connectivity index (χ0) is 40.1. The Bertz CT molecular complexity index is 1410. The second-order valence-corrected chi connectivity index (χ2v) is 20.3. The summed E-state index contributed by atoms with van der Waals surface area (Å²) < 4.78 is 23.4. The third-order valence-corrected chi connectivity index (χ3v) is 16.5. The van der Waals surface area contributed by atoms with Crippen molar-refractivity contribution in [2.45, 2.75) is 151 Å². The number of aliphatic hydroxyl groups is 6. The lowest BCUT2D eigenvalue weighted by Crippen LogP contribution is -3.02. The molecule has 15 heteroatoms. The summed E-state index contributed by atoms with van der Waals surface area (Å²) in [5.74, 6) is 0.144. The van der Waals surface area contributed by atoms with Gasteiger partial charge in [0.25, 0.3) is 0 Å². The van der Waals surface area contributed by atoms with Crippen LogP contribution >= 0.6 is 21.6 Å². The molecule has 0 aromatic heterocycles. The monoisotopic (exact) mass is 837 g/mol. The Balaban J connectivity index is 1.08. The van der Waals surface area contributed by atoms with E-state index in [0.29, 0.717) is 44.2 Å². The fourth-order valence-corrected chi connectivity index (χ4v) is 13.0. The summed E-state index contributed by atoms with van der Waals surface area (Å²) >= 11 is 0. The van der Waals surface area contributed by atoms with Crippen LogP contribution in [0.4, 0.5) is 0 Å². The van der Waals surface area contributed by atoms with Crippen molar-refractivity contribution in [3.63, 3.8) is 0 Å². The highest BCUT2D eigenvalue weighted by Gasteiger charge is 2.61.